The van der Waals surface area contributed by atoms with Crippen molar-refractivity contribution in [2.75, 3.05) is 13.7 Å². The molecule has 2 fully saturated rings. The molecule has 2 unspecified atom stereocenters. The number of carbonyl (C=O) groups is 1. The lowest BCUT2D eigenvalue weighted by Crippen LogP contribution is -2.49. The summed E-state index contributed by atoms with van der Waals surface area (Å²) in [5, 5.41) is 1.08. The number of rotatable bonds is 3. The van der Waals surface area contributed by atoms with Gasteiger partial charge >= 0.3 is 0 Å². The lowest BCUT2D eigenvalue weighted by Gasteiger charge is -2.43. The molecule has 28 heavy (non-hydrogen) atoms. The molecule has 0 bridgehead atoms. The number of allylic oxidation sites excluding steroid dienone is 1. The Morgan fingerprint density at radius 3 is 2.71 bits per heavy atom. The highest BCUT2D eigenvalue weighted by Gasteiger charge is 2.35. The Balaban J connectivity index is 1.66. The number of hydrogen-bond donors (Lipinski definition) is 0. The van der Waals surface area contributed by atoms with Crippen molar-refractivity contribution in [2.45, 2.75) is 65.3 Å². The summed E-state index contributed by atoms with van der Waals surface area (Å²) in [5.41, 5.74) is 3.87. The molecule has 2 aromatic rings. The number of amides is 1. The summed E-state index contributed by atoms with van der Waals surface area (Å²) in [4.78, 5) is 15.3. The first-order valence-electron chi connectivity index (χ1n) is 10.6. The lowest BCUT2D eigenvalue weighted by atomic mass is 9.78. The number of benzene rings is 1. The van der Waals surface area contributed by atoms with Crippen molar-refractivity contribution < 1.29 is 13.9 Å². The van der Waals surface area contributed by atoms with Gasteiger partial charge in [0.1, 0.15) is 17.1 Å². The molecule has 1 aliphatic carbocycles. The summed E-state index contributed by atoms with van der Waals surface area (Å²) < 4.78 is 11.4. The molecule has 0 spiro atoms. The third kappa shape index (κ3) is 3.34. The van der Waals surface area contributed by atoms with Crippen molar-refractivity contribution in [3.05, 3.63) is 35.1 Å². The van der Waals surface area contributed by atoms with E-state index in [0.29, 0.717) is 12.0 Å². The number of fused-ring (bicyclic) bond motifs is 2. The fourth-order valence-corrected chi connectivity index (χ4v) is 5.09. The number of aryl methyl sites for hydroxylation is 2. The molecule has 2 aliphatic rings. The van der Waals surface area contributed by atoms with Crippen molar-refractivity contribution >= 4 is 22.4 Å². The van der Waals surface area contributed by atoms with E-state index in [0.717, 1.165) is 58.6 Å². The fraction of sp³-hybridized carbons (Fsp3) is 0.542. The Morgan fingerprint density at radius 2 is 1.93 bits per heavy atom. The second-order valence-corrected chi connectivity index (χ2v) is 8.44. The summed E-state index contributed by atoms with van der Waals surface area (Å²) in [6.07, 6.45) is 9.22. The Morgan fingerprint density at radius 1 is 1.18 bits per heavy atom. The average molecular weight is 382 g/mol. The van der Waals surface area contributed by atoms with E-state index < -0.39 is 0 Å². The van der Waals surface area contributed by atoms with E-state index in [2.05, 4.69) is 17.9 Å². The van der Waals surface area contributed by atoms with Crippen LogP contribution in [0.25, 0.3) is 16.5 Å². The van der Waals surface area contributed by atoms with Gasteiger partial charge in [0.2, 0.25) is 5.91 Å². The zero-order chi connectivity index (χ0) is 19.8. The van der Waals surface area contributed by atoms with E-state index in [1.54, 1.807) is 7.11 Å². The molecule has 150 valence electrons. The molecule has 0 radical (unpaired) electrons. The van der Waals surface area contributed by atoms with Crippen LogP contribution in [-0.4, -0.2) is 30.5 Å². The van der Waals surface area contributed by atoms with Gasteiger partial charge in [-0.25, -0.2) is 0 Å². The number of carbonyl (C=O) groups excluding carboxylic acids is 1. The second kappa shape index (κ2) is 7.65. The van der Waals surface area contributed by atoms with Crippen LogP contribution in [0, 0.1) is 19.8 Å². The highest BCUT2D eigenvalue weighted by Crippen LogP contribution is 2.37. The van der Waals surface area contributed by atoms with Crippen LogP contribution in [0.1, 0.15) is 62.3 Å². The molecule has 2 atom stereocenters. The van der Waals surface area contributed by atoms with E-state index in [1.807, 2.05) is 26.0 Å². The fourth-order valence-electron chi connectivity index (χ4n) is 5.09. The van der Waals surface area contributed by atoms with Gasteiger partial charge in [0.05, 0.1) is 7.11 Å². The SMILES string of the molecule is COc1cc2oc(C)c(C)c2cc1/C(C)=C/C(=O)N1CCCC2CCCCC21. The number of ether oxygens (including phenoxy) is 1. The molecule has 0 N–H and O–H groups in total. The monoisotopic (exact) mass is 381 g/mol. The van der Waals surface area contributed by atoms with Crippen LogP contribution >= 0.6 is 0 Å². The zero-order valence-corrected chi connectivity index (χ0v) is 17.5. The number of hydrogen-bond acceptors (Lipinski definition) is 3. The van der Waals surface area contributed by atoms with Gasteiger partial charge in [0.25, 0.3) is 0 Å². The Labute approximate surface area is 167 Å². The third-order valence-corrected chi connectivity index (χ3v) is 6.79. The minimum atomic E-state index is 0.149. The molecule has 4 nitrogen and oxygen atoms in total. The highest BCUT2D eigenvalue weighted by atomic mass is 16.5. The maximum Gasteiger partial charge on any atom is 0.247 e. The molecule has 1 aliphatic heterocycles. The first-order valence-corrected chi connectivity index (χ1v) is 10.6. The van der Waals surface area contributed by atoms with E-state index in [4.69, 9.17) is 9.15 Å². The normalized spacial score (nSPS) is 23.0. The van der Waals surface area contributed by atoms with Crippen LogP contribution < -0.4 is 4.74 Å². The number of methoxy groups -OCH3 is 1. The maximum absolute atomic E-state index is 13.2. The summed E-state index contributed by atoms with van der Waals surface area (Å²) in [7, 11) is 1.67. The summed E-state index contributed by atoms with van der Waals surface area (Å²) in [5.74, 6) is 2.51. The van der Waals surface area contributed by atoms with Crippen molar-refractivity contribution in [3.8, 4) is 5.75 Å². The Kier molecular flexibility index (Phi) is 5.22. The lowest BCUT2D eigenvalue weighted by molar-refractivity contribution is -0.132. The summed E-state index contributed by atoms with van der Waals surface area (Å²) >= 11 is 0. The van der Waals surface area contributed by atoms with Gasteiger partial charge in [0.15, 0.2) is 0 Å². The first kappa shape index (κ1) is 19.1. The third-order valence-electron chi connectivity index (χ3n) is 6.79. The van der Waals surface area contributed by atoms with Crippen molar-refractivity contribution in [1.29, 1.82) is 0 Å². The first-order chi connectivity index (χ1) is 13.5. The molecule has 1 amide bonds. The van der Waals surface area contributed by atoms with Crippen LogP contribution in [0.15, 0.2) is 22.6 Å². The van der Waals surface area contributed by atoms with Gasteiger partial charge in [-0.3, -0.25) is 4.79 Å². The van der Waals surface area contributed by atoms with E-state index in [9.17, 15) is 4.79 Å². The predicted octanol–water partition coefficient (Wildman–Crippen LogP) is 5.64. The van der Waals surface area contributed by atoms with E-state index in [-0.39, 0.29) is 5.91 Å². The number of likely N-dealkylation sites (tertiary alicyclic amines) is 1. The van der Waals surface area contributed by atoms with Gasteiger partial charge in [-0.2, -0.15) is 0 Å². The van der Waals surface area contributed by atoms with Crippen LogP contribution in [0.2, 0.25) is 0 Å². The van der Waals surface area contributed by atoms with Crippen LogP contribution in [0.4, 0.5) is 0 Å². The molecule has 4 heteroatoms. The molecular weight excluding hydrogens is 350 g/mol. The number of furan rings is 1. The van der Waals surface area contributed by atoms with Crippen molar-refractivity contribution in [1.82, 2.24) is 4.90 Å². The number of nitrogens with zero attached hydrogens (tertiary/aromatic N) is 1. The predicted molar refractivity (Wildman–Crippen MR) is 113 cm³/mol. The molecule has 2 heterocycles. The van der Waals surface area contributed by atoms with Gasteiger partial charge in [-0.15, -0.1) is 0 Å². The molecule has 1 saturated carbocycles. The number of piperidine rings is 1. The summed E-state index contributed by atoms with van der Waals surface area (Å²) in [6.45, 7) is 6.94. The van der Waals surface area contributed by atoms with E-state index in [1.165, 1.54) is 25.7 Å². The summed E-state index contributed by atoms with van der Waals surface area (Å²) in [6, 6.07) is 4.46. The van der Waals surface area contributed by atoms with Gasteiger partial charge in [-0.05, 0) is 69.6 Å². The highest BCUT2D eigenvalue weighted by molar-refractivity contribution is 5.97. The van der Waals surface area contributed by atoms with Crippen LogP contribution in [0.3, 0.4) is 0 Å². The maximum atomic E-state index is 13.2. The minimum Gasteiger partial charge on any atom is -0.496 e. The quantitative estimate of drug-likeness (QED) is 0.646. The molecule has 1 saturated heterocycles. The van der Waals surface area contributed by atoms with Crippen LogP contribution in [-0.2, 0) is 4.79 Å². The molecule has 1 aromatic carbocycles. The minimum absolute atomic E-state index is 0.149. The topological polar surface area (TPSA) is 42.7 Å². The second-order valence-electron chi connectivity index (χ2n) is 8.44. The molecular formula is C24H31NO3. The Bertz CT molecular complexity index is 922. The average Bonchev–Trinajstić information content (AvgIpc) is 2.99. The van der Waals surface area contributed by atoms with E-state index >= 15 is 0 Å². The largest absolute Gasteiger partial charge is 0.496 e. The molecule has 4 rings (SSSR count). The van der Waals surface area contributed by atoms with Crippen LogP contribution in [0.5, 0.6) is 5.75 Å². The van der Waals surface area contributed by atoms with Gasteiger partial charge in [-0.1, -0.05) is 12.8 Å². The van der Waals surface area contributed by atoms with Crippen molar-refractivity contribution in [2.24, 2.45) is 5.92 Å². The van der Waals surface area contributed by atoms with Crippen molar-refractivity contribution in [3.63, 3.8) is 0 Å². The zero-order valence-electron chi connectivity index (χ0n) is 17.5. The molecule has 1 aromatic heterocycles. The Hall–Kier alpha value is -2.23. The standard InChI is InChI=1S/C24H31NO3/c1-15(12-24(26)25-11-7-9-18-8-5-6-10-21(18)25)19-13-20-16(2)17(3)28-23(20)14-22(19)27-4/h12-14,18,21H,5-11H2,1-4H3/b15-12+. The van der Waals surface area contributed by atoms with Gasteiger partial charge < -0.3 is 14.1 Å². The smallest absolute Gasteiger partial charge is 0.247 e. The van der Waals surface area contributed by atoms with Gasteiger partial charge in [0, 0.05) is 35.7 Å².